The minimum Gasteiger partial charge on any atom is -0.480 e. The van der Waals surface area contributed by atoms with Crippen molar-refractivity contribution in [3.05, 3.63) is 28.4 Å². The number of fused-ring (bicyclic) bond motifs is 3. The first-order valence-corrected chi connectivity index (χ1v) is 6.48. The molecule has 1 aliphatic heterocycles. The van der Waals surface area contributed by atoms with E-state index >= 15 is 0 Å². The summed E-state index contributed by atoms with van der Waals surface area (Å²) in [4.78, 5) is 31.4. The molecule has 1 aliphatic rings. The number of rotatable bonds is 1. The number of nitrogens with zero attached hydrogens (tertiary/aromatic N) is 2. The van der Waals surface area contributed by atoms with Gasteiger partial charge in [-0.1, -0.05) is 6.07 Å². The molecule has 3 rings (SSSR count). The Kier molecular flexibility index (Phi) is 2.79. The minimum atomic E-state index is -1.24. The monoisotopic (exact) mass is 333 g/mol. The molecule has 1 atom stereocenters. The molecule has 0 saturated carbocycles. The van der Waals surface area contributed by atoms with Crippen molar-refractivity contribution in [2.75, 3.05) is 5.73 Å². The highest BCUT2D eigenvalue weighted by atomic mass is 79.9. The molecule has 100 valence electrons. The fourth-order valence-corrected chi connectivity index (χ4v) is 2.55. The SMILES string of the molecule is Nc1cnc2c3c(ccc2c1Br)C(=O)C(C(=O)O)C=N3. The minimum absolute atomic E-state index is 0.261. The summed E-state index contributed by atoms with van der Waals surface area (Å²) in [6.07, 6.45) is 2.61. The number of benzene rings is 1. The molecule has 0 bridgehead atoms. The molecule has 1 aromatic heterocycles. The second-order valence-electron chi connectivity index (χ2n) is 4.34. The molecule has 0 radical (unpaired) electrons. The largest absolute Gasteiger partial charge is 0.480 e. The Morgan fingerprint density at radius 2 is 2.15 bits per heavy atom. The van der Waals surface area contributed by atoms with Crippen LogP contribution < -0.4 is 5.73 Å². The van der Waals surface area contributed by atoms with Crippen molar-refractivity contribution in [2.24, 2.45) is 10.9 Å². The molecule has 2 heterocycles. The first-order valence-electron chi connectivity index (χ1n) is 5.68. The van der Waals surface area contributed by atoms with Crippen LogP contribution in [-0.4, -0.2) is 28.1 Å². The van der Waals surface area contributed by atoms with Crippen LogP contribution in [0.25, 0.3) is 10.9 Å². The highest BCUT2D eigenvalue weighted by Gasteiger charge is 2.31. The predicted octanol–water partition coefficient (Wildman–Crippen LogP) is 2.18. The van der Waals surface area contributed by atoms with E-state index in [9.17, 15) is 9.59 Å². The van der Waals surface area contributed by atoms with E-state index in [2.05, 4.69) is 25.9 Å². The van der Waals surface area contributed by atoms with Gasteiger partial charge in [-0.3, -0.25) is 19.6 Å². The molecule has 20 heavy (non-hydrogen) atoms. The van der Waals surface area contributed by atoms with Crippen LogP contribution in [-0.2, 0) is 4.79 Å². The number of ketones is 1. The lowest BCUT2D eigenvalue weighted by Crippen LogP contribution is -2.27. The van der Waals surface area contributed by atoms with Gasteiger partial charge in [0.15, 0.2) is 11.7 Å². The summed E-state index contributed by atoms with van der Waals surface area (Å²) < 4.78 is 0.674. The maximum absolute atomic E-state index is 12.1. The van der Waals surface area contributed by atoms with Crippen LogP contribution >= 0.6 is 15.9 Å². The number of carboxylic acids is 1. The topological polar surface area (TPSA) is 106 Å². The maximum atomic E-state index is 12.1. The Hall–Kier alpha value is -2.28. The van der Waals surface area contributed by atoms with Crippen molar-refractivity contribution >= 4 is 56.2 Å². The average Bonchev–Trinajstić information content (AvgIpc) is 2.42. The fourth-order valence-electron chi connectivity index (χ4n) is 2.12. The number of hydrogen-bond acceptors (Lipinski definition) is 5. The van der Waals surface area contributed by atoms with Gasteiger partial charge in [-0.05, 0) is 22.0 Å². The standard InChI is InChI=1S/C13H8BrN3O3/c14-9-5-1-2-6-11(10(5)17-4-8(9)15)16-3-7(12(6)18)13(19)20/h1-4,7H,15H2,(H,19,20). The summed E-state index contributed by atoms with van der Waals surface area (Å²) in [6, 6.07) is 3.23. The lowest BCUT2D eigenvalue weighted by molar-refractivity contribution is -0.137. The highest BCUT2D eigenvalue weighted by Crippen LogP contribution is 2.37. The number of pyridine rings is 1. The number of Topliss-reactive ketones (excluding diaryl/α,β-unsaturated/α-hetero) is 1. The summed E-state index contributed by atoms with van der Waals surface area (Å²) in [5, 5.41) is 9.70. The van der Waals surface area contributed by atoms with E-state index in [1.54, 1.807) is 12.1 Å². The van der Waals surface area contributed by atoms with Crippen LogP contribution in [0.3, 0.4) is 0 Å². The third kappa shape index (κ3) is 1.70. The van der Waals surface area contributed by atoms with Gasteiger partial charge in [-0.15, -0.1) is 0 Å². The van der Waals surface area contributed by atoms with Crippen LogP contribution in [0.4, 0.5) is 11.4 Å². The normalized spacial score (nSPS) is 17.2. The summed E-state index contributed by atoms with van der Waals surface area (Å²) in [5.41, 5.74) is 7.39. The summed E-state index contributed by atoms with van der Waals surface area (Å²) in [5.74, 6) is -2.94. The van der Waals surface area contributed by atoms with Crippen LogP contribution in [0.2, 0.25) is 0 Å². The molecule has 3 N–H and O–H groups in total. The number of aromatic nitrogens is 1. The number of aliphatic imine (C=N–C) groups is 1. The number of halogens is 1. The Balaban J connectivity index is 2.30. The Bertz CT molecular complexity index is 801. The zero-order valence-corrected chi connectivity index (χ0v) is 11.6. The maximum Gasteiger partial charge on any atom is 0.319 e. The predicted molar refractivity (Wildman–Crippen MR) is 77.5 cm³/mol. The van der Waals surface area contributed by atoms with Gasteiger partial charge < -0.3 is 10.8 Å². The molecule has 7 heteroatoms. The van der Waals surface area contributed by atoms with Crippen molar-refractivity contribution in [1.82, 2.24) is 4.98 Å². The van der Waals surface area contributed by atoms with Crippen molar-refractivity contribution in [1.29, 1.82) is 0 Å². The number of aliphatic carboxylic acids is 1. The first-order chi connectivity index (χ1) is 9.50. The summed E-state index contributed by atoms with van der Waals surface area (Å²) in [7, 11) is 0. The van der Waals surface area contributed by atoms with E-state index in [1.807, 2.05) is 0 Å². The highest BCUT2D eigenvalue weighted by molar-refractivity contribution is 9.10. The molecule has 1 unspecified atom stereocenters. The van der Waals surface area contributed by atoms with Crippen molar-refractivity contribution in [2.45, 2.75) is 0 Å². The number of carbonyl (C=O) groups excluding carboxylic acids is 1. The van der Waals surface area contributed by atoms with Gasteiger partial charge in [0.1, 0.15) is 0 Å². The average molecular weight is 334 g/mol. The second kappa shape index (κ2) is 4.38. The van der Waals surface area contributed by atoms with Crippen LogP contribution in [0.1, 0.15) is 10.4 Å². The number of anilines is 1. The smallest absolute Gasteiger partial charge is 0.319 e. The Labute approximate surface area is 121 Å². The van der Waals surface area contributed by atoms with Gasteiger partial charge in [0.25, 0.3) is 0 Å². The summed E-state index contributed by atoms with van der Waals surface area (Å²) in [6.45, 7) is 0. The van der Waals surface area contributed by atoms with Gasteiger partial charge in [0, 0.05) is 17.2 Å². The summed E-state index contributed by atoms with van der Waals surface area (Å²) >= 11 is 3.36. The second-order valence-corrected chi connectivity index (χ2v) is 5.14. The van der Waals surface area contributed by atoms with Gasteiger partial charge in [0.05, 0.1) is 27.6 Å². The molecular formula is C13H8BrN3O3. The molecule has 0 aliphatic carbocycles. The number of carboxylic acid groups (broad SMARTS) is 1. The molecular weight excluding hydrogens is 326 g/mol. The molecule has 0 amide bonds. The van der Waals surface area contributed by atoms with E-state index in [1.165, 1.54) is 6.20 Å². The third-order valence-electron chi connectivity index (χ3n) is 3.14. The van der Waals surface area contributed by atoms with Crippen LogP contribution in [0.15, 0.2) is 27.8 Å². The van der Waals surface area contributed by atoms with E-state index in [4.69, 9.17) is 10.8 Å². The zero-order valence-electron chi connectivity index (χ0n) is 10.0. The van der Waals surface area contributed by atoms with Gasteiger partial charge in [-0.25, -0.2) is 0 Å². The Morgan fingerprint density at radius 3 is 2.85 bits per heavy atom. The van der Waals surface area contributed by atoms with Crippen LogP contribution in [0.5, 0.6) is 0 Å². The third-order valence-corrected chi connectivity index (χ3v) is 4.03. The lowest BCUT2D eigenvalue weighted by Gasteiger charge is -2.16. The Morgan fingerprint density at radius 1 is 1.40 bits per heavy atom. The first kappa shape index (κ1) is 12.7. The molecule has 1 aromatic carbocycles. The number of nitrogen functional groups attached to an aromatic ring is 1. The van der Waals surface area contributed by atoms with E-state index in [0.29, 0.717) is 21.4 Å². The van der Waals surface area contributed by atoms with Crippen LogP contribution in [0, 0.1) is 5.92 Å². The van der Waals surface area contributed by atoms with Crippen molar-refractivity contribution < 1.29 is 14.7 Å². The van der Waals surface area contributed by atoms with E-state index in [-0.39, 0.29) is 5.56 Å². The van der Waals surface area contributed by atoms with Gasteiger partial charge in [0.2, 0.25) is 0 Å². The van der Waals surface area contributed by atoms with Crippen molar-refractivity contribution in [3.63, 3.8) is 0 Å². The number of hydrogen-bond donors (Lipinski definition) is 2. The van der Waals surface area contributed by atoms with E-state index in [0.717, 1.165) is 11.6 Å². The van der Waals surface area contributed by atoms with Gasteiger partial charge in [-0.2, -0.15) is 0 Å². The molecule has 0 fully saturated rings. The molecule has 2 aromatic rings. The molecule has 6 nitrogen and oxygen atoms in total. The van der Waals surface area contributed by atoms with E-state index < -0.39 is 17.7 Å². The number of nitrogens with two attached hydrogens (primary N) is 1. The molecule has 0 spiro atoms. The quantitative estimate of drug-likeness (QED) is 0.778. The number of carbonyl (C=O) groups is 2. The fraction of sp³-hybridized carbons (Fsp3) is 0.0769. The molecule has 0 saturated heterocycles. The lowest BCUT2D eigenvalue weighted by atomic mass is 9.93. The van der Waals surface area contributed by atoms with Crippen molar-refractivity contribution in [3.8, 4) is 0 Å². The van der Waals surface area contributed by atoms with Gasteiger partial charge >= 0.3 is 5.97 Å². The zero-order chi connectivity index (χ0) is 14.4.